The van der Waals surface area contributed by atoms with E-state index in [1.807, 2.05) is 43.8 Å². The van der Waals surface area contributed by atoms with Crippen LogP contribution in [0.1, 0.15) is 29.2 Å². The number of thioether (sulfide) groups is 1. The van der Waals surface area contributed by atoms with Crippen LogP contribution in [0.25, 0.3) is 0 Å². The van der Waals surface area contributed by atoms with Crippen molar-refractivity contribution >= 4 is 17.7 Å². The maximum atomic E-state index is 12.2. The lowest BCUT2D eigenvalue weighted by Gasteiger charge is -2.17. The molecule has 0 aliphatic carbocycles. The van der Waals surface area contributed by atoms with E-state index in [4.69, 9.17) is 4.74 Å². The maximum absolute atomic E-state index is 12.2. The first-order valence-corrected chi connectivity index (χ1v) is 9.76. The Morgan fingerprint density at radius 2 is 1.84 bits per heavy atom. The Kier molecular flexibility index (Phi) is 7.38. The highest BCUT2D eigenvalue weighted by Gasteiger charge is 2.15. The summed E-state index contributed by atoms with van der Waals surface area (Å²) in [5.74, 6) is 2.55. The molecule has 0 unspecified atom stereocenters. The summed E-state index contributed by atoms with van der Waals surface area (Å²) in [6.45, 7) is 8.58. The molecule has 0 spiro atoms. The van der Waals surface area contributed by atoms with Gasteiger partial charge in [-0.2, -0.15) is 11.8 Å². The third kappa shape index (κ3) is 6.13. The minimum Gasteiger partial charge on any atom is -0.481 e. The van der Waals surface area contributed by atoms with Gasteiger partial charge in [-0.05, 0) is 50.5 Å². The van der Waals surface area contributed by atoms with Gasteiger partial charge in [0.2, 0.25) is 0 Å². The smallest absolute Gasteiger partial charge is 0.260 e. The Bertz CT molecular complexity index is 698. The number of hydrogen-bond donors (Lipinski definition) is 1. The van der Waals surface area contributed by atoms with Gasteiger partial charge >= 0.3 is 0 Å². The first-order chi connectivity index (χ1) is 12.0. The molecule has 1 N–H and O–H groups in total. The van der Waals surface area contributed by atoms with Gasteiger partial charge in [-0.3, -0.25) is 4.79 Å². The number of rotatable bonds is 8. The van der Waals surface area contributed by atoms with Gasteiger partial charge in [-0.25, -0.2) is 0 Å². The summed E-state index contributed by atoms with van der Waals surface area (Å²) in [4.78, 5) is 12.2. The van der Waals surface area contributed by atoms with E-state index in [-0.39, 0.29) is 5.91 Å². The molecule has 0 heterocycles. The van der Waals surface area contributed by atoms with Crippen molar-refractivity contribution in [3.8, 4) is 5.75 Å². The monoisotopic (exact) mass is 357 g/mol. The zero-order chi connectivity index (χ0) is 18.2. The summed E-state index contributed by atoms with van der Waals surface area (Å²) >= 11 is 1.82. The van der Waals surface area contributed by atoms with Crippen LogP contribution in [0.5, 0.6) is 5.75 Å². The van der Waals surface area contributed by atoms with Crippen molar-refractivity contribution in [3.05, 3.63) is 64.7 Å². The third-order valence-corrected chi connectivity index (χ3v) is 5.19. The van der Waals surface area contributed by atoms with Crippen LogP contribution < -0.4 is 10.1 Å². The van der Waals surface area contributed by atoms with E-state index < -0.39 is 6.10 Å². The van der Waals surface area contributed by atoms with E-state index in [0.29, 0.717) is 6.54 Å². The predicted octanol–water partition coefficient (Wildman–Crippen LogP) is 4.43. The highest BCUT2D eigenvalue weighted by atomic mass is 32.2. The molecule has 0 bridgehead atoms. The van der Waals surface area contributed by atoms with Crippen molar-refractivity contribution in [1.29, 1.82) is 0 Å². The van der Waals surface area contributed by atoms with Crippen LogP contribution in [0.3, 0.4) is 0 Å². The highest BCUT2D eigenvalue weighted by Crippen LogP contribution is 2.21. The van der Waals surface area contributed by atoms with Crippen LogP contribution in [0.2, 0.25) is 0 Å². The number of benzene rings is 2. The Balaban J connectivity index is 1.69. The summed E-state index contributed by atoms with van der Waals surface area (Å²) in [6, 6.07) is 14.5. The number of nitrogens with one attached hydrogen (secondary N) is 1. The number of carbonyl (C=O) groups excluding carboxylic acids is 1. The normalized spacial score (nSPS) is 11.8. The SMILES string of the molecule is Cc1ccc(CSCCNC(=O)[C@H](C)Oc2cccc(C)c2C)cc1. The molecule has 2 aromatic rings. The van der Waals surface area contributed by atoms with Crippen LogP contribution in [0, 0.1) is 20.8 Å². The van der Waals surface area contributed by atoms with Crippen molar-refractivity contribution in [1.82, 2.24) is 5.32 Å². The zero-order valence-corrected chi connectivity index (χ0v) is 16.3. The average molecular weight is 358 g/mol. The molecule has 0 fully saturated rings. The van der Waals surface area contributed by atoms with E-state index in [1.54, 1.807) is 6.92 Å². The van der Waals surface area contributed by atoms with Crippen molar-refractivity contribution in [2.24, 2.45) is 0 Å². The average Bonchev–Trinajstić information content (AvgIpc) is 2.60. The molecule has 2 aromatic carbocycles. The Labute approximate surface area is 155 Å². The highest BCUT2D eigenvalue weighted by molar-refractivity contribution is 7.98. The largest absolute Gasteiger partial charge is 0.481 e. The Morgan fingerprint density at radius 1 is 1.12 bits per heavy atom. The second-order valence-corrected chi connectivity index (χ2v) is 7.39. The molecule has 0 aliphatic heterocycles. The number of amides is 1. The van der Waals surface area contributed by atoms with Crippen LogP contribution in [0.15, 0.2) is 42.5 Å². The van der Waals surface area contributed by atoms with E-state index in [1.165, 1.54) is 11.1 Å². The van der Waals surface area contributed by atoms with E-state index >= 15 is 0 Å². The summed E-state index contributed by atoms with van der Waals surface area (Å²) in [5, 5.41) is 2.95. The fourth-order valence-corrected chi connectivity index (χ4v) is 3.18. The van der Waals surface area contributed by atoms with Gasteiger partial charge in [0.25, 0.3) is 5.91 Å². The summed E-state index contributed by atoms with van der Waals surface area (Å²) in [7, 11) is 0. The number of ether oxygens (including phenoxy) is 1. The van der Waals surface area contributed by atoms with Gasteiger partial charge in [-0.1, -0.05) is 42.0 Å². The van der Waals surface area contributed by atoms with Crippen LogP contribution in [0.4, 0.5) is 0 Å². The van der Waals surface area contributed by atoms with Gasteiger partial charge in [-0.15, -0.1) is 0 Å². The van der Waals surface area contributed by atoms with Gasteiger partial charge in [0.05, 0.1) is 0 Å². The molecule has 25 heavy (non-hydrogen) atoms. The van der Waals surface area contributed by atoms with Crippen LogP contribution in [-0.4, -0.2) is 24.3 Å². The molecular weight excluding hydrogens is 330 g/mol. The zero-order valence-electron chi connectivity index (χ0n) is 15.5. The molecule has 0 saturated carbocycles. The van der Waals surface area contributed by atoms with Crippen molar-refractivity contribution in [2.75, 3.05) is 12.3 Å². The lowest BCUT2D eigenvalue weighted by molar-refractivity contribution is -0.127. The molecular formula is C21H27NO2S. The third-order valence-electron chi connectivity index (χ3n) is 4.16. The van der Waals surface area contributed by atoms with Crippen molar-refractivity contribution in [2.45, 2.75) is 39.6 Å². The Hall–Kier alpha value is -1.94. The van der Waals surface area contributed by atoms with Crippen molar-refractivity contribution in [3.63, 3.8) is 0 Å². The molecule has 0 radical (unpaired) electrons. The first-order valence-electron chi connectivity index (χ1n) is 8.61. The van der Waals surface area contributed by atoms with E-state index in [9.17, 15) is 4.79 Å². The molecule has 1 atom stereocenters. The van der Waals surface area contributed by atoms with E-state index in [2.05, 4.69) is 36.5 Å². The number of carbonyl (C=O) groups is 1. The lowest BCUT2D eigenvalue weighted by atomic mass is 10.1. The molecule has 2 rings (SSSR count). The second-order valence-electron chi connectivity index (χ2n) is 6.29. The van der Waals surface area contributed by atoms with E-state index in [0.717, 1.165) is 28.4 Å². The molecule has 0 aromatic heterocycles. The second kappa shape index (κ2) is 9.52. The topological polar surface area (TPSA) is 38.3 Å². The molecule has 3 nitrogen and oxygen atoms in total. The quantitative estimate of drug-likeness (QED) is 0.710. The molecule has 1 amide bonds. The summed E-state index contributed by atoms with van der Waals surface area (Å²) in [6.07, 6.45) is -0.498. The molecule has 4 heteroatoms. The van der Waals surface area contributed by atoms with Crippen LogP contribution >= 0.6 is 11.8 Å². The number of aryl methyl sites for hydroxylation is 2. The standard InChI is InChI=1S/C21H27NO2S/c1-15-8-10-19(11-9-15)14-25-13-12-22-21(23)18(4)24-20-7-5-6-16(2)17(20)3/h5-11,18H,12-14H2,1-4H3,(H,22,23)/t18-/m0/s1. The fraction of sp³-hybridized carbons (Fsp3) is 0.381. The Morgan fingerprint density at radius 3 is 2.56 bits per heavy atom. The molecule has 134 valence electrons. The maximum Gasteiger partial charge on any atom is 0.260 e. The number of hydrogen-bond acceptors (Lipinski definition) is 3. The fourth-order valence-electron chi connectivity index (χ4n) is 2.36. The summed E-state index contributed by atoms with van der Waals surface area (Å²) in [5.41, 5.74) is 4.83. The van der Waals surface area contributed by atoms with Gasteiger partial charge in [0.15, 0.2) is 6.10 Å². The summed E-state index contributed by atoms with van der Waals surface area (Å²) < 4.78 is 5.81. The molecule has 0 aliphatic rings. The van der Waals surface area contributed by atoms with Crippen molar-refractivity contribution < 1.29 is 9.53 Å². The first kappa shape index (κ1) is 19.4. The molecule has 0 saturated heterocycles. The van der Waals surface area contributed by atoms with Gasteiger partial charge in [0, 0.05) is 18.1 Å². The van der Waals surface area contributed by atoms with Crippen LogP contribution in [-0.2, 0) is 10.5 Å². The minimum atomic E-state index is -0.498. The predicted molar refractivity (Wildman–Crippen MR) is 106 cm³/mol. The lowest BCUT2D eigenvalue weighted by Crippen LogP contribution is -2.37. The minimum absolute atomic E-state index is 0.0724. The van der Waals surface area contributed by atoms with Gasteiger partial charge < -0.3 is 10.1 Å². The van der Waals surface area contributed by atoms with Gasteiger partial charge in [0.1, 0.15) is 5.75 Å².